The highest BCUT2D eigenvalue weighted by atomic mass is 32.1. The second-order valence-electron chi connectivity index (χ2n) is 7.25. The normalized spacial score (nSPS) is 11.6. The lowest BCUT2D eigenvalue weighted by Crippen LogP contribution is -2.34. The number of ether oxygens (including phenoxy) is 1. The molecule has 1 aromatic heterocycles. The predicted octanol–water partition coefficient (Wildman–Crippen LogP) is 6.25. The molecular weight excluding hydrogens is 330 g/mol. The van der Waals surface area contributed by atoms with Crippen LogP contribution in [0, 0.1) is 6.92 Å². The summed E-state index contributed by atoms with van der Waals surface area (Å²) in [6, 6.07) is 16.8. The van der Waals surface area contributed by atoms with Gasteiger partial charge in [-0.1, -0.05) is 24.3 Å². The molecule has 130 valence electrons. The van der Waals surface area contributed by atoms with Crippen LogP contribution in [-0.2, 0) is 4.74 Å². The molecule has 1 amide bonds. The van der Waals surface area contributed by atoms with Crippen LogP contribution in [0.2, 0.25) is 0 Å². The molecule has 0 atom stereocenters. The topological polar surface area (TPSA) is 29.5 Å². The second kappa shape index (κ2) is 6.52. The van der Waals surface area contributed by atoms with E-state index in [1.165, 1.54) is 15.0 Å². The van der Waals surface area contributed by atoms with E-state index in [0.29, 0.717) is 0 Å². The summed E-state index contributed by atoms with van der Waals surface area (Å²) in [5.74, 6) is 0. The van der Waals surface area contributed by atoms with Crippen LogP contribution in [0.25, 0.3) is 20.5 Å². The first-order valence-corrected chi connectivity index (χ1v) is 9.12. The SMILES string of the molecule is Cc1cc(-c2cc3ccccc3s2)cc(N(C)C(=O)OC(C)(C)C)c1. The number of thiophene rings is 1. The first kappa shape index (κ1) is 17.5. The average molecular weight is 353 g/mol. The van der Waals surface area contributed by atoms with Crippen LogP contribution in [0.5, 0.6) is 0 Å². The molecule has 0 aliphatic rings. The number of carbonyl (C=O) groups is 1. The van der Waals surface area contributed by atoms with E-state index in [9.17, 15) is 4.79 Å². The van der Waals surface area contributed by atoms with Gasteiger partial charge in [-0.05, 0) is 68.5 Å². The van der Waals surface area contributed by atoms with E-state index < -0.39 is 5.60 Å². The molecule has 4 heteroatoms. The lowest BCUT2D eigenvalue weighted by molar-refractivity contribution is 0.0589. The summed E-state index contributed by atoms with van der Waals surface area (Å²) in [5.41, 5.74) is 2.55. The van der Waals surface area contributed by atoms with E-state index in [-0.39, 0.29) is 6.09 Å². The number of carbonyl (C=O) groups excluding carboxylic acids is 1. The van der Waals surface area contributed by atoms with Crippen LogP contribution in [0.1, 0.15) is 26.3 Å². The Kier molecular flexibility index (Phi) is 4.56. The Bertz CT molecular complexity index is 888. The highest BCUT2D eigenvalue weighted by Gasteiger charge is 2.21. The van der Waals surface area contributed by atoms with E-state index in [2.05, 4.69) is 36.4 Å². The minimum atomic E-state index is -0.510. The molecule has 3 aromatic rings. The Balaban J connectivity index is 1.96. The fourth-order valence-electron chi connectivity index (χ4n) is 2.66. The number of nitrogens with zero attached hydrogens (tertiary/aromatic N) is 1. The Hall–Kier alpha value is -2.33. The van der Waals surface area contributed by atoms with Gasteiger partial charge < -0.3 is 4.74 Å². The summed E-state index contributed by atoms with van der Waals surface area (Å²) >= 11 is 1.76. The van der Waals surface area contributed by atoms with Crippen molar-refractivity contribution >= 4 is 33.2 Å². The smallest absolute Gasteiger partial charge is 0.414 e. The van der Waals surface area contributed by atoms with Crippen LogP contribution in [-0.4, -0.2) is 18.7 Å². The second-order valence-corrected chi connectivity index (χ2v) is 8.33. The molecule has 3 rings (SSSR count). The fraction of sp³-hybridized carbons (Fsp3) is 0.286. The first-order chi connectivity index (χ1) is 11.7. The lowest BCUT2D eigenvalue weighted by Gasteiger charge is -2.25. The minimum absolute atomic E-state index is 0.347. The van der Waals surface area contributed by atoms with Gasteiger partial charge in [-0.2, -0.15) is 0 Å². The monoisotopic (exact) mass is 353 g/mol. The van der Waals surface area contributed by atoms with Gasteiger partial charge in [-0.25, -0.2) is 4.79 Å². The standard InChI is InChI=1S/C21H23NO2S/c1-14-10-16(19-13-15-8-6-7-9-18(15)25-19)12-17(11-14)22(5)20(23)24-21(2,3)4/h6-13H,1-5H3. The molecule has 0 unspecified atom stereocenters. The van der Waals surface area contributed by atoms with Gasteiger partial charge in [0.1, 0.15) is 5.60 Å². The maximum Gasteiger partial charge on any atom is 0.414 e. The zero-order valence-corrected chi connectivity index (χ0v) is 16.1. The van der Waals surface area contributed by atoms with E-state index >= 15 is 0 Å². The Morgan fingerprint density at radius 3 is 2.48 bits per heavy atom. The van der Waals surface area contributed by atoms with Crippen molar-refractivity contribution in [2.45, 2.75) is 33.3 Å². The zero-order chi connectivity index (χ0) is 18.2. The summed E-state index contributed by atoms with van der Waals surface area (Å²) < 4.78 is 6.74. The predicted molar refractivity (Wildman–Crippen MR) is 107 cm³/mol. The number of hydrogen-bond acceptors (Lipinski definition) is 3. The molecule has 25 heavy (non-hydrogen) atoms. The maximum absolute atomic E-state index is 12.4. The van der Waals surface area contributed by atoms with Crippen molar-refractivity contribution in [3.8, 4) is 10.4 Å². The molecular formula is C21H23NO2S. The van der Waals surface area contributed by atoms with Gasteiger partial charge in [0.2, 0.25) is 0 Å². The van der Waals surface area contributed by atoms with Crippen LogP contribution in [0.15, 0.2) is 48.5 Å². The van der Waals surface area contributed by atoms with Crippen LogP contribution >= 0.6 is 11.3 Å². The largest absolute Gasteiger partial charge is 0.443 e. The molecule has 0 bridgehead atoms. The van der Waals surface area contributed by atoms with Gasteiger partial charge in [0, 0.05) is 22.3 Å². The van der Waals surface area contributed by atoms with Gasteiger partial charge >= 0.3 is 6.09 Å². The number of benzene rings is 2. The van der Waals surface area contributed by atoms with Crippen molar-refractivity contribution in [1.82, 2.24) is 0 Å². The van der Waals surface area contributed by atoms with Crippen LogP contribution < -0.4 is 4.90 Å². The molecule has 0 radical (unpaired) electrons. The summed E-state index contributed by atoms with van der Waals surface area (Å²) in [6.07, 6.45) is -0.347. The fourth-order valence-corrected chi connectivity index (χ4v) is 3.71. The summed E-state index contributed by atoms with van der Waals surface area (Å²) in [4.78, 5) is 15.1. The van der Waals surface area contributed by atoms with Gasteiger partial charge in [0.25, 0.3) is 0 Å². The Morgan fingerprint density at radius 1 is 1.08 bits per heavy atom. The first-order valence-electron chi connectivity index (χ1n) is 8.30. The van der Waals surface area contributed by atoms with Crippen molar-refractivity contribution in [1.29, 1.82) is 0 Å². The third-order valence-electron chi connectivity index (χ3n) is 3.83. The van der Waals surface area contributed by atoms with Gasteiger partial charge in [0.15, 0.2) is 0 Å². The molecule has 0 saturated heterocycles. The van der Waals surface area contributed by atoms with Gasteiger partial charge in [-0.15, -0.1) is 11.3 Å². The number of aryl methyl sites for hydroxylation is 1. The maximum atomic E-state index is 12.4. The Morgan fingerprint density at radius 2 is 1.80 bits per heavy atom. The molecule has 0 spiro atoms. The van der Waals surface area contributed by atoms with Crippen molar-refractivity contribution in [2.24, 2.45) is 0 Å². The molecule has 0 aliphatic carbocycles. The van der Waals surface area contributed by atoms with E-state index in [0.717, 1.165) is 16.8 Å². The summed E-state index contributed by atoms with van der Waals surface area (Å²) in [5, 5.41) is 1.24. The van der Waals surface area contributed by atoms with Crippen molar-refractivity contribution in [3.05, 3.63) is 54.1 Å². The lowest BCUT2D eigenvalue weighted by atomic mass is 10.1. The van der Waals surface area contributed by atoms with Crippen molar-refractivity contribution in [3.63, 3.8) is 0 Å². The van der Waals surface area contributed by atoms with Gasteiger partial charge in [-0.3, -0.25) is 4.90 Å². The summed E-state index contributed by atoms with van der Waals surface area (Å²) in [7, 11) is 1.75. The zero-order valence-electron chi connectivity index (χ0n) is 15.3. The third kappa shape index (κ3) is 4.02. The molecule has 0 aliphatic heterocycles. The number of hydrogen-bond donors (Lipinski definition) is 0. The number of anilines is 1. The third-order valence-corrected chi connectivity index (χ3v) is 4.99. The van der Waals surface area contributed by atoms with Gasteiger partial charge in [0.05, 0.1) is 0 Å². The number of rotatable bonds is 2. The molecule has 3 nitrogen and oxygen atoms in total. The molecule has 0 N–H and O–H groups in total. The Labute approximate surface area is 152 Å². The molecule has 0 saturated carbocycles. The van der Waals surface area contributed by atoms with Crippen molar-refractivity contribution in [2.75, 3.05) is 11.9 Å². The van der Waals surface area contributed by atoms with Crippen LogP contribution in [0.4, 0.5) is 10.5 Å². The average Bonchev–Trinajstić information content (AvgIpc) is 2.96. The summed E-state index contributed by atoms with van der Waals surface area (Å²) in [6.45, 7) is 7.66. The molecule has 0 fully saturated rings. The number of fused-ring (bicyclic) bond motifs is 1. The minimum Gasteiger partial charge on any atom is -0.443 e. The number of amides is 1. The molecule has 2 aromatic carbocycles. The van der Waals surface area contributed by atoms with E-state index in [1.54, 1.807) is 23.3 Å². The highest BCUT2D eigenvalue weighted by Crippen LogP contribution is 2.35. The van der Waals surface area contributed by atoms with Crippen molar-refractivity contribution < 1.29 is 9.53 Å². The van der Waals surface area contributed by atoms with Crippen LogP contribution in [0.3, 0.4) is 0 Å². The van der Waals surface area contributed by atoms with E-state index in [1.807, 2.05) is 39.8 Å². The molecule has 1 heterocycles. The quantitative estimate of drug-likeness (QED) is 0.545. The highest BCUT2D eigenvalue weighted by molar-refractivity contribution is 7.22. The van der Waals surface area contributed by atoms with E-state index in [4.69, 9.17) is 4.74 Å².